The Labute approximate surface area is 157 Å². The van der Waals surface area contributed by atoms with Crippen LogP contribution in [0, 0.1) is 5.92 Å². The van der Waals surface area contributed by atoms with Crippen LogP contribution in [0.5, 0.6) is 0 Å². The number of benzene rings is 1. The lowest BCUT2D eigenvalue weighted by Gasteiger charge is -2.30. The third kappa shape index (κ3) is 4.11. The van der Waals surface area contributed by atoms with Crippen LogP contribution >= 0.6 is 0 Å². The molecular formula is C17H21N3O6S. The second kappa shape index (κ2) is 7.65. The van der Waals surface area contributed by atoms with E-state index in [1.165, 1.54) is 29.2 Å². The quantitative estimate of drug-likeness (QED) is 0.724. The third-order valence-corrected chi connectivity index (χ3v) is 6.66. The van der Waals surface area contributed by atoms with Crippen molar-refractivity contribution < 1.29 is 27.9 Å². The van der Waals surface area contributed by atoms with Gasteiger partial charge in [-0.05, 0) is 37.1 Å². The molecular weight excluding hydrogens is 374 g/mol. The molecule has 1 atom stereocenters. The molecule has 2 saturated heterocycles. The van der Waals surface area contributed by atoms with Crippen LogP contribution in [0.1, 0.15) is 23.2 Å². The first-order valence-electron chi connectivity index (χ1n) is 8.68. The second-order valence-corrected chi connectivity index (χ2v) is 8.58. The molecule has 146 valence electrons. The van der Waals surface area contributed by atoms with Gasteiger partial charge < -0.3 is 15.3 Å². The maximum atomic E-state index is 12.6. The maximum absolute atomic E-state index is 12.6. The molecule has 2 fully saturated rings. The number of carboxylic acid groups (broad SMARTS) is 1. The summed E-state index contributed by atoms with van der Waals surface area (Å²) >= 11 is 0. The number of piperazine rings is 1. The van der Waals surface area contributed by atoms with Crippen LogP contribution in [-0.2, 0) is 19.6 Å². The Bertz CT molecular complexity index is 852. The number of hydrogen-bond donors (Lipinski definition) is 2. The van der Waals surface area contributed by atoms with Crippen LogP contribution in [0.25, 0.3) is 0 Å². The Morgan fingerprint density at radius 3 is 2.48 bits per heavy atom. The maximum Gasteiger partial charge on any atom is 0.308 e. The van der Waals surface area contributed by atoms with Gasteiger partial charge in [0.15, 0.2) is 0 Å². The molecule has 1 aromatic carbocycles. The Morgan fingerprint density at radius 2 is 1.85 bits per heavy atom. The summed E-state index contributed by atoms with van der Waals surface area (Å²) in [6.07, 6.45) is 1.16. The Balaban J connectivity index is 1.74. The molecule has 1 aromatic rings. The molecule has 0 spiro atoms. The fraction of sp³-hybridized carbons (Fsp3) is 0.471. The van der Waals surface area contributed by atoms with E-state index < -0.39 is 21.9 Å². The van der Waals surface area contributed by atoms with Gasteiger partial charge in [0.25, 0.3) is 5.91 Å². The highest BCUT2D eigenvalue weighted by molar-refractivity contribution is 7.89. The van der Waals surface area contributed by atoms with Gasteiger partial charge in [0.05, 0.1) is 17.4 Å². The summed E-state index contributed by atoms with van der Waals surface area (Å²) in [5.41, 5.74) is 0.302. The predicted molar refractivity (Wildman–Crippen MR) is 94.5 cm³/mol. The number of nitrogens with zero attached hydrogens (tertiary/aromatic N) is 2. The topological polar surface area (TPSA) is 124 Å². The van der Waals surface area contributed by atoms with Crippen LogP contribution < -0.4 is 5.32 Å². The minimum Gasteiger partial charge on any atom is -0.481 e. The molecule has 27 heavy (non-hydrogen) atoms. The lowest BCUT2D eigenvalue weighted by molar-refractivity contribution is -0.143. The van der Waals surface area contributed by atoms with Crippen LogP contribution in [0.2, 0.25) is 0 Å². The van der Waals surface area contributed by atoms with Gasteiger partial charge in [0.2, 0.25) is 15.9 Å². The summed E-state index contributed by atoms with van der Waals surface area (Å²) < 4.78 is 26.3. The molecule has 3 rings (SSSR count). The number of carboxylic acids is 1. The number of sulfonamides is 1. The number of carbonyl (C=O) groups excluding carboxylic acids is 2. The largest absolute Gasteiger partial charge is 0.481 e. The number of piperidine rings is 1. The molecule has 10 heteroatoms. The molecule has 2 N–H and O–H groups in total. The average Bonchev–Trinajstić information content (AvgIpc) is 2.67. The minimum atomic E-state index is -3.81. The molecule has 2 amide bonds. The molecule has 2 aliphatic heterocycles. The van der Waals surface area contributed by atoms with E-state index >= 15 is 0 Å². The van der Waals surface area contributed by atoms with Crippen LogP contribution in [0.3, 0.4) is 0 Å². The SMILES string of the molecule is O=C1CN(S(=O)(=O)c2ccc(C(=O)N3CCC[C@H](C(=O)O)C3)cc2)CCN1. The molecule has 9 nitrogen and oxygen atoms in total. The number of rotatable bonds is 4. The van der Waals surface area contributed by atoms with E-state index in [2.05, 4.69) is 5.32 Å². The Kier molecular flexibility index (Phi) is 5.47. The first kappa shape index (κ1) is 19.3. The first-order valence-corrected chi connectivity index (χ1v) is 10.1. The van der Waals surface area contributed by atoms with E-state index in [1.54, 1.807) is 0 Å². The van der Waals surface area contributed by atoms with Gasteiger partial charge in [-0.2, -0.15) is 4.31 Å². The minimum absolute atomic E-state index is 0.0100. The summed E-state index contributed by atoms with van der Waals surface area (Å²) in [6, 6.07) is 5.52. The third-order valence-electron chi connectivity index (χ3n) is 4.80. The lowest BCUT2D eigenvalue weighted by Crippen LogP contribution is -2.49. The van der Waals surface area contributed by atoms with E-state index in [0.29, 0.717) is 24.9 Å². The Morgan fingerprint density at radius 1 is 1.15 bits per heavy atom. The van der Waals surface area contributed by atoms with Crippen molar-refractivity contribution in [2.75, 3.05) is 32.7 Å². The van der Waals surface area contributed by atoms with Crippen molar-refractivity contribution in [2.24, 2.45) is 5.92 Å². The van der Waals surface area contributed by atoms with E-state index in [0.717, 1.165) is 4.31 Å². The Hall–Kier alpha value is -2.46. The zero-order valence-corrected chi connectivity index (χ0v) is 15.4. The normalized spacial score (nSPS) is 21.6. The summed E-state index contributed by atoms with van der Waals surface area (Å²) in [6.45, 7) is 0.851. The van der Waals surface area contributed by atoms with E-state index in [1.807, 2.05) is 0 Å². The number of amides is 2. The molecule has 0 bridgehead atoms. The van der Waals surface area contributed by atoms with Gasteiger partial charge in [-0.3, -0.25) is 14.4 Å². The van der Waals surface area contributed by atoms with Crippen molar-refractivity contribution in [3.8, 4) is 0 Å². The first-order chi connectivity index (χ1) is 12.8. The van der Waals surface area contributed by atoms with Gasteiger partial charge in [0.1, 0.15) is 0 Å². The van der Waals surface area contributed by atoms with Crippen LogP contribution in [0.15, 0.2) is 29.2 Å². The molecule has 0 aromatic heterocycles. The number of likely N-dealkylation sites (tertiary alicyclic amines) is 1. The molecule has 0 aliphatic carbocycles. The number of nitrogens with one attached hydrogen (secondary N) is 1. The van der Waals surface area contributed by atoms with Crippen LogP contribution in [0.4, 0.5) is 0 Å². The fourth-order valence-corrected chi connectivity index (χ4v) is 4.68. The molecule has 0 unspecified atom stereocenters. The van der Waals surface area contributed by atoms with Crippen molar-refractivity contribution in [1.29, 1.82) is 0 Å². The van der Waals surface area contributed by atoms with Crippen LogP contribution in [-0.4, -0.2) is 73.2 Å². The van der Waals surface area contributed by atoms with Crippen molar-refractivity contribution >= 4 is 27.8 Å². The van der Waals surface area contributed by atoms with Gasteiger partial charge in [-0.25, -0.2) is 8.42 Å². The molecule has 0 saturated carbocycles. The van der Waals surface area contributed by atoms with Crippen molar-refractivity contribution in [2.45, 2.75) is 17.7 Å². The smallest absolute Gasteiger partial charge is 0.308 e. The van der Waals surface area contributed by atoms with Crippen molar-refractivity contribution in [3.05, 3.63) is 29.8 Å². The molecule has 2 aliphatic rings. The number of carbonyl (C=O) groups is 3. The van der Waals surface area contributed by atoms with E-state index in [9.17, 15) is 22.8 Å². The average molecular weight is 395 g/mol. The zero-order chi connectivity index (χ0) is 19.6. The number of hydrogen-bond acceptors (Lipinski definition) is 5. The standard InChI is InChI=1S/C17H21N3O6S/c21-15-11-20(9-7-18-15)27(25,26)14-5-3-12(4-6-14)16(22)19-8-1-2-13(10-19)17(23)24/h3-6,13H,1-2,7-11H2,(H,18,21)(H,23,24)/t13-/m0/s1. The fourth-order valence-electron chi connectivity index (χ4n) is 3.28. The van der Waals surface area contributed by atoms with E-state index in [-0.39, 0.29) is 42.9 Å². The van der Waals surface area contributed by atoms with Crippen molar-refractivity contribution in [3.63, 3.8) is 0 Å². The highest BCUT2D eigenvalue weighted by Gasteiger charge is 2.31. The summed E-state index contributed by atoms with van der Waals surface area (Å²) in [5.74, 6) is -2.16. The lowest BCUT2D eigenvalue weighted by atomic mass is 9.97. The molecule has 0 radical (unpaired) electrons. The summed E-state index contributed by atoms with van der Waals surface area (Å²) in [7, 11) is -3.81. The van der Waals surface area contributed by atoms with Gasteiger partial charge in [-0.1, -0.05) is 0 Å². The van der Waals surface area contributed by atoms with Gasteiger partial charge >= 0.3 is 5.97 Å². The van der Waals surface area contributed by atoms with Crippen molar-refractivity contribution in [1.82, 2.24) is 14.5 Å². The number of aliphatic carboxylic acids is 1. The summed E-state index contributed by atoms with van der Waals surface area (Å²) in [4.78, 5) is 36.7. The predicted octanol–water partition coefficient (Wildman–Crippen LogP) is -0.256. The van der Waals surface area contributed by atoms with Gasteiger partial charge in [-0.15, -0.1) is 0 Å². The summed E-state index contributed by atoms with van der Waals surface area (Å²) in [5, 5.41) is 11.7. The monoisotopic (exact) mass is 395 g/mol. The van der Waals surface area contributed by atoms with Gasteiger partial charge in [0, 0.05) is 31.7 Å². The highest BCUT2D eigenvalue weighted by atomic mass is 32.2. The second-order valence-electron chi connectivity index (χ2n) is 6.64. The highest BCUT2D eigenvalue weighted by Crippen LogP contribution is 2.21. The zero-order valence-electron chi connectivity index (χ0n) is 14.6. The molecule has 2 heterocycles. The van der Waals surface area contributed by atoms with E-state index in [4.69, 9.17) is 5.11 Å².